The topological polar surface area (TPSA) is 86.8 Å². The molecule has 0 radical (unpaired) electrons. The molecule has 0 bridgehead atoms. The number of halogens is 4. The molecule has 3 rings (SSSR count). The summed E-state index contributed by atoms with van der Waals surface area (Å²) in [6.45, 7) is 4.55. The van der Waals surface area contributed by atoms with Crippen LogP contribution >= 0.6 is 46.4 Å². The quantitative estimate of drug-likeness (QED) is 0.248. The maximum absolute atomic E-state index is 14.1. The molecule has 0 spiro atoms. The molecule has 0 aliphatic rings. The van der Waals surface area contributed by atoms with E-state index in [0.29, 0.717) is 15.6 Å². The number of amides is 2. The van der Waals surface area contributed by atoms with Crippen LogP contribution in [0.1, 0.15) is 32.8 Å². The van der Waals surface area contributed by atoms with Crippen molar-refractivity contribution in [3.8, 4) is 0 Å². The van der Waals surface area contributed by atoms with E-state index in [1.807, 2.05) is 0 Å². The van der Waals surface area contributed by atoms with Gasteiger partial charge in [0, 0.05) is 33.2 Å². The highest BCUT2D eigenvalue weighted by Crippen LogP contribution is 2.34. The average molecular weight is 645 g/mol. The average Bonchev–Trinajstić information content (AvgIpc) is 2.90. The molecule has 1 N–H and O–H groups in total. The Hall–Kier alpha value is -2.49. The number of carbonyl (C=O) groups excluding carboxylic acids is 2. The summed E-state index contributed by atoms with van der Waals surface area (Å²) >= 11 is 25.5. The van der Waals surface area contributed by atoms with Gasteiger partial charge in [-0.15, -0.1) is 0 Å². The summed E-state index contributed by atoms with van der Waals surface area (Å²) in [6.07, 6.45) is 0.246. The largest absolute Gasteiger partial charge is 0.352 e. The Morgan fingerprint density at radius 3 is 2.08 bits per heavy atom. The van der Waals surface area contributed by atoms with Crippen LogP contribution in [0.4, 0.5) is 5.69 Å². The van der Waals surface area contributed by atoms with E-state index in [0.717, 1.165) is 4.31 Å². The van der Waals surface area contributed by atoms with Crippen LogP contribution in [0.3, 0.4) is 0 Å². The molecule has 0 aliphatic heterocycles. The zero-order chi connectivity index (χ0) is 29.6. The van der Waals surface area contributed by atoms with Crippen molar-refractivity contribution in [2.45, 2.75) is 50.7 Å². The highest BCUT2D eigenvalue weighted by molar-refractivity contribution is 7.92. The first kappa shape index (κ1) is 32.0. The molecule has 3 aromatic carbocycles. The van der Waals surface area contributed by atoms with Crippen LogP contribution in [-0.4, -0.2) is 43.8 Å². The van der Waals surface area contributed by atoms with Gasteiger partial charge in [0.15, 0.2) is 0 Å². The Morgan fingerprint density at radius 2 is 1.50 bits per heavy atom. The number of sulfonamides is 1. The van der Waals surface area contributed by atoms with E-state index in [1.54, 1.807) is 57.2 Å². The summed E-state index contributed by atoms with van der Waals surface area (Å²) in [7, 11) is -4.29. The number of hydrogen-bond donors (Lipinski definition) is 1. The van der Waals surface area contributed by atoms with Crippen LogP contribution in [0.5, 0.6) is 0 Å². The second-order valence-corrected chi connectivity index (χ2v) is 12.8. The molecule has 1 atom stereocenters. The lowest BCUT2D eigenvalue weighted by molar-refractivity contribution is -0.140. The van der Waals surface area contributed by atoms with Crippen molar-refractivity contribution in [3.05, 3.63) is 92.4 Å². The van der Waals surface area contributed by atoms with Crippen LogP contribution in [-0.2, 0) is 26.2 Å². The van der Waals surface area contributed by atoms with Crippen LogP contribution in [0.15, 0.2) is 71.6 Å². The smallest absolute Gasteiger partial charge is 0.264 e. The number of hydrogen-bond acceptors (Lipinski definition) is 4. The molecule has 2 amide bonds. The van der Waals surface area contributed by atoms with Gasteiger partial charge in [0.1, 0.15) is 12.6 Å². The van der Waals surface area contributed by atoms with Crippen molar-refractivity contribution < 1.29 is 18.0 Å². The van der Waals surface area contributed by atoms with Gasteiger partial charge in [0.2, 0.25) is 11.8 Å². The van der Waals surface area contributed by atoms with Gasteiger partial charge in [-0.25, -0.2) is 8.42 Å². The molecule has 0 saturated heterocycles. The molecule has 40 heavy (non-hydrogen) atoms. The van der Waals surface area contributed by atoms with Gasteiger partial charge in [0.25, 0.3) is 10.0 Å². The fraction of sp³-hybridized carbons (Fsp3) is 0.286. The molecule has 0 saturated carbocycles. The predicted molar refractivity (Wildman–Crippen MR) is 162 cm³/mol. The molecule has 0 aromatic heterocycles. The van der Waals surface area contributed by atoms with Gasteiger partial charge in [-0.1, -0.05) is 77.6 Å². The molecule has 214 valence electrons. The molecule has 3 aromatic rings. The van der Waals surface area contributed by atoms with Crippen molar-refractivity contribution in [2.24, 2.45) is 0 Å². The van der Waals surface area contributed by atoms with E-state index in [2.05, 4.69) is 5.32 Å². The van der Waals surface area contributed by atoms with Crippen LogP contribution in [0, 0.1) is 0 Å². The highest BCUT2D eigenvalue weighted by Gasteiger charge is 2.35. The Morgan fingerprint density at radius 1 is 0.875 bits per heavy atom. The SMILES string of the molecule is CCC(C(=O)NC(C)C)N(Cc1c(Cl)cccc1Cl)C(=O)CN(c1cc(Cl)ccc1Cl)S(=O)(=O)c1ccccc1. The lowest BCUT2D eigenvalue weighted by atomic mass is 10.1. The number of nitrogens with zero attached hydrogens (tertiary/aromatic N) is 2. The van der Waals surface area contributed by atoms with Gasteiger partial charge < -0.3 is 10.2 Å². The van der Waals surface area contributed by atoms with Crippen molar-refractivity contribution in [3.63, 3.8) is 0 Å². The van der Waals surface area contributed by atoms with Gasteiger partial charge in [0.05, 0.1) is 15.6 Å². The second kappa shape index (κ2) is 13.9. The Kier molecular flexibility index (Phi) is 11.1. The van der Waals surface area contributed by atoms with E-state index in [9.17, 15) is 18.0 Å². The van der Waals surface area contributed by atoms with Crippen molar-refractivity contribution in [1.82, 2.24) is 10.2 Å². The number of rotatable bonds is 11. The number of anilines is 1. The Labute approximate surface area is 255 Å². The minimum absolute atomic E-state index is 0.0155. The summed E-state index contributed by atoms with van der Waals surface area (Å²) in [6, 6.07) is 15.8. The number of carbonyl (C=O) groups is 2. The first-order chi connectivity index (χ1) is 18.9. The van der Waals surface area contributed by atoms with E-state index in [-0.39, 0.29) is 39.6 Å². The van der Waals surface area contributed by atoms with E-state index in [1.165, 1.54) is 35.2 Å². The lowest BCUT2D eigenvalue weighted by Crippen LogP contribution is -2.53. The van der Waals surface area contributed by atoms with Gasteiger partial charge in [-0.3, -0.25) is 13.9 Å². The summed E-state index contributed by atoms with van der Waals surface area (Å²) in [5.41, 5.74) is 0.440. The normalized spacial score (nSPS) is 12.2. The van der Waals surface area contributed by atoms with E-state index < -0.39 is 34.4 Å². The molecule has 0 aliphatic carbocycles. The lowest BCUT2D eigenvalue weighted by Gasteiger charge is -2.34. The maximum atomic E-state index is 14.1. The minimum Gasteiger partial charge on any atom is -0.352 e. The molecule has 0 heterocycles. The Balaban J connectivity index is 2.14. The van der Waals surface area contributed by atoms with Crippen LogP contribution in [0.25, 0.3) is 0 Å². The maximum Gasteiger partial charge on any atom is 0.264 e. The summed E-state index contributed by atoms with van der Waals surface area (Å²) in [4.78, 5) is 28.6. The third-order valence-electron chi connectivity index (χ3n) is 5.99. The molecular weight excluding hydrogens is 616 g/mol. The van der Waals surface area contributed by atoms with E-state index in [4.69, 9.17) is 46.4 Å². The number of benzene rings is 3. The van der Waals surface area contributed by atoms with E-state index >= 15 is 0 Å². The molecule has 12 heteroatoms. The van der Waals surface area contributed by atoms with Gasteiger partial charge in [-0.05, 0) is 62.7 Å². The zero-order valence-corrected chi connectivity index (χ0v) is 25.9. The Bertz CT molecular complexity index is 1450. The third kappa shape index (κ3) is 7.62. The molecule has 7 nitrogen and oxygen atoms in total. The standard InChI is InChI=1S/C28H29Cl4N3O4S/c1-4-25(28(37)33-18(2)3)34(16-21-22(30)11-8-12-23(21)31)27(36)17-35(26-15-19(29)13-14-24(26)32)40(38,39)20-9-6-5-7-10-20/h5-15,18,25H,4,16-17H2,1-3H3,(H,33,37). The second-order valence-electron chi connectivity index (χ2n) is 9.23. The fourth-order valence-electron chi connectivity index (χ4n) is 4.06. The number of nitrogens with one attached hydrogen (secondary N) is 1. The first-order valence-corrected chi connectivity index (χ1v) is 15.4. The van der Waals surface area contributed by atoms with Crippen molar-refractivity contribution in [2.75, 3.05) is 10.8 Å². The minimum atomic E-state index is -4.29. The first-order valence-electron chi connectivity index (χ1n) is 12.4. The zero-order valence-electron chi connectivity index (χ0n) is 22.1. The molecular formula is C28H29Cl4N3O4S. The monoisotopic (exact) mass is 643 g/mol. The highest BCUT2D eigenvalue weighted by atomic mass is 35.5. The predicted octanol–water partition coefficient (Wildman–Crippen LogP) is 6.83. The molecule has 0 fully saturated rings. The van der Waals surface area contributed by atoms with Crippen LogP contribution < -0.4 is 9.62 Å². The fourth-order valence-corrected chi connectivity index (χ4v) is 6.46. The third-order valence-corrected chi connectivity index (χ3v) is 9.03. The summed E-state index contributed by atoms with van der Waals surface area (Å²) < 4.78 is 28.6. The summed E-state index contributed by atoms with van der Waals surface area (Å²) in [5.74, 6) is -1.07. The van der Waals surface area contributed by atoms with Crippen LogP contribution in [0.2, 0.25) is 20.1 Å². The molecule has 1 unspecified atom stereocenters. The van der Waals surface area contributed by atoms with Gasteiger partial charge >= 0.3 is 0 Å². The van der Waals surface area contributed by atoms with Crippen molar-refractivity contribution in [1.29, 1.82) is 0 Å². The van der Waals surface area contributed by atoms with Crippen molar-refractivity contribution >= 4 is 73.9 Å². The summed E-state index contributed by atoms with van der Waals surface area (Å²) in [5, 5.41) is 3.73. The van der Waals surface area contributed by atoms with Gasteiger partial charge in [-0.2, -0.15) is 0 Å².